The van der Waals surface area contributed by atoms with Gasteiger partial charge in [-0.3, -0.25) is 4.79 Å². The van der Waals surface area contributed by atoms with Gasteiger partial charge >= 0.3 is 0 Å². The first-order valence-corrected chi connectivity index (χ1v) is 7.43. The number of hydrogen-bond donors (Lipinski definition) is 1. The lowest BCUT2D eigenvalue weighted by Gasteiger charge is -2.21. The van der Waals surface area contributed by atoms with Crippen molar-refractivity contribution in [1.29, 1.82) is 0 Å². The fourth-order valence-corrected chi connectivity index (χ4v) is 2.93. The van der Waals surface area contributed by atoms with E-state index in [4.69, 9.17) is 0 Å². The van der Waals surface area contributed by atoms with Crippen LogP contribution < -0.4 is 5.32 Å². The molecule has 0 saturated heterocycles. The average Bonchev–Trinajstić information content (AvgIpc) is 2.82. The number of pyridine rings is 1. The Kier molecular flexibility index (Phi) is 3.47. The maximum absolute atomic E-state index is 12.2. The number of rotatable bonds is 3. The van der Waals surface area contributed by atoms with Gasteiger partial charge < -0.3 is 9.72 Å². The molecule has 1 aliphatic carbocycles. The molecule has 3 rings (SSSR count). The number of imidazole rings is 1. The number of fused-ring (bicyclic) bond motifs is 3. The molecular formula is C16H21N3O. The minimum Gasteiger partial charge on any atom is -0.356 e. The molecule has 2 heterocycles. The molecule has 2 aromatic rings. The molecule has 4 nitrogen and oxygen atoms in total. The quantitative estimate of drug-likeness (QED) is 0.931. The summed E-state index contributed by atoms with van der Waals surface area (Å²) in [6.45, 7) is 4.93. The lowest BCUT2D eigenvalue weighted by atomic mass is 9.89. The summed E-state index contributed by atoms with van der Waals surface area (Å²) >= 11 is 0. The van der Waals surface area contributed by atoms with Crippen LogP contribution in [0.3, 0.4) is 0 Å². The standard InChI is InChI=1S/C16H21N3O/c1-3-8-17-16(20)12-5-6-13-14(9-12)19-10-11(2)4-7-15(19)18-13/h4,7,10,12H,3,5-6,8-9H2,1-2H3,(H,17,20). The van der Waals surface area contributed by atoms with E-state index in [2.05, 4.69) is 46.9 Å². The number of hydrogen-bond acceptors (Lipinski definition) is 2. The lowest BCUT2D eigenvalue weighted by molar-refractivity contribution is -0.125. The third-order valence-electron chi connectivity index (χ3n) is 4.04. The molecule has 1 N–H and O–H groups in total. The maximum Gasteiger partial charge on any atom is 0.223 e. The second-order valence-corrected chi connectivity index (χ2v) is 5.67. The van der Waals surface area contributed by atoms with Gasteiger partial charge in [0.25, 0.3) is 0 Å². The summed E-state index contributed by atoms with van der Waals surface area (Å²) in [4.78, 5) is 16.8. The number of aromatic nitrogens is 2. The van der Waals surface area contributed by atoms with Crippen molar-refractivity contribution in [3.05, 3.63) is 35.3 Å². The Morgan fingerprint density at radius 2 is 2.35 bits per heavy atom. The van der Waals surface area contributed by atoms with Gasteiger partial charge in [0.05, 0.1) is 5.69 Å². The van der Waals surface area contributed by atoms with E-state index in [0.29, 0.717) is 0 Å². The van der Waals surface area contributed by atoms with Crippen LogP contribution in [0.5, 0.6) is 0 Å². The summed E-state index contributed by atoms with van der Waals surface area (Å²) in [5, 5.41) is 3.02. The van der Waals surface area contributed by atoms with Gasteiger partial charge in [0.1, 0.15) is 5.65 Å². The Morgan fingerprint density at radius 1 is 1.50 bits per heavy atom. The maximum atomic E-state index is 12.2. The summed E-state index contributed by atoms with van der Waals surface area (Å²) in [6, 6.07) is 4.14. The van der Waals surface area contributed by atoms with Gasteiger partial charge in [0, 0.05) is 30.8 Å². The Balaban J connectivity index is 1.88. The van der Waals surface area contributed by atoms with Crippen molar-refractivity contribution in [2.75, 3.05) is 6.54 Å². The number of carbonyl (C=O) groups excluding carboxylic acids is 1. The summed E-state index contributed by atoms with van der Waals surface area (Å²) in [5.41, 5.74) is 4.59. The predicted molar refractivity (Wildman–Crippen MR) is 78.7 cm³/mol. The second kappa shape index (κ2) is 5.27. The number of carbonyl (C=O) groups is 1. The molecular weight excluding hydrogens is 250 g/mol. The van der Waals surface area contributed by atoms with Crippen LogP contribution in [-0.2, 0) is 17.6 Å². The summed E-state index contributed by atoms with van der Waals surface area (Å²) in [7, 11) is 0. The second-order valence-electron chi connectivity index (χ2n) is 5.67. The monoisotopic (exact) mass is 271 g/mol. The normalized spacial score (nSPS) is 18.0. The molecule has 0 bridgehead atoms. The first kappa shape index (κ1) is 13.2. The summed E-state index contributed by atoms with van der Waals surface area (Å²) in [5.74, 6) is 0.287. The van der Waals surface area contributed by atoms with Gasteiger partial charge in [-0.1, -0.05) is 13.0 Å². The van der Waals surface area contributed by atoms with E-state index in [9.17, 15) is 4.79 Å². The van der Waals surface area contributed by atoms with Crippen LogP contribution in [0.4, 0.5) is 0 Å². The van der Waals surface area contributed by atoms with Crippen molar-refractivity contribution in [2.24, 2.45) is 5.92 Å². The fourth-order valence-electron chi connectivity index (χ4n) is 2.93. The molecule has 0 radical (unpaired) electrons. The smallest absolute Gasteiger partial charge is 0.223 e. The van der Waals surface area contributed by atoms with E-state index in [1.54, 1.807) is 0 Å². The van der Waals surface area contributed by atoms with Gasteiger partial charge in [-0.15, -0.1) is 0 Å². The van der Waals surface area contributed by atoms with E-state index < -0.39 is 0 Å². The van der Waals surface area contributed by atoms with Gasteiger partial charge in [-0.25, -0.2) is 4.98 Å². The Labute approximate surface area is 119 Å². The van der Waals surface area contributed by atoms with Crippen LogP contribution in [0, 0.1) is 12.8 Å². The first-order valence-electron chi connectivity index (χ1n) is 7.43. The molecule has 1 amide bonds. The molecule has 106 valence electrons. The Hall–Kier alpha value is -1.84. The topological polar surface area (TPSA) is 46.4 Å². The van der Waals surface area contributed by atoms with Crippen molar-refractivity contribution >= 4 is 11.6 Å². The predicted octanol–water partition coefficient (Wildman–Crippen LogP) is 2.27. The minimum absolute atomic E-state index is 0.0921. The zero-order valence-electron chi connectivity index (χ0n) is 12.1. The molecule has 0 aliphatic heterocycles. The largest absolute Gasteiger partial charge is 0.356 e. The van der Waals surface area contributed by atoms with E-state index >= 15 is 0 Å². The summed E-state index contributed by atoms with van der Waals surface area (Å²) in [6.07, 6.45) is 5.72. The highest BCUT2D eigenvalue weighted by molar-refractivity contribution is 5.79. The van der Waals surface area contributed by atoms with Crippen molar-refractivity contribution < 1.29 is 4.79 Å². The zero-order chi connectivity index (χ0) is 14.1. The van der Waals surface area contributed by atoms with Crippen LogP contribution in [0.2, 0.25) is 0 Å². The van der Waals surface area contributed by atoms with E-state index in [0.717, 1.165) is 43.6 Å². The SMILES string of the molecule is CCCNC(=O)C1CCc2nc3ccc(C)cn3c2C1. The highest BCUT2D eigenvalue weighted by atomic mass is 16.1. The highest BCUT2D eigenvalue weighted by Gasteiger charge is 2.27. The number of nitrogens with zero attached hydrogens (tertiary/aromatic N) is 2. The molecule has 0 fully saturated rings. The molecule has 0 aromatic carbocycles. The van der Waals surface area contributed by atoms with Crippen molar-refractivity contribution in [3.8, 4) is 0 Å². The molecule has 2 aromatic heterocycles. The molecule has 0 saturated carbocycles. The summed E-state index contributed by atoms with van der Waals surface area (Å²) < 4.78 is 2.16. The van der Waals surface area contributed by atoms with Gasteiger partial charge in [-0.05, 0) is 37.8 Å². The molecule has 0 spiro atoms. The number of amides is 1. The first-order chi connectivity index (χ1) is 9.69. The van der Waals surface area contributed by atoms with Crippen LogP contribution >= 0.6 is 0 Å². The molecule has 1 atom stereocenters. The Morgan fingerprint density at radius 3 is 3.15 bits per heavy atom. The Bertz CT molecular complexity index is 644. The molecule has 20 heavy (non-hydrogen) atoms. The zero-order valence-corrected chi connectivity index (χ0v) is 12.1. The van der Waals surface area contributed by atoms with Crippen LogP contribution in [0.15, 0.2) is 18.3 Å². The van der Waals surface area contributed by atoms with Crippen molar-refractivity contribution in [2.45, 2.75) is 39.5 Å². The lowest BCUT2D eigenvalue weighted by Crippen LogP contribution is -2.34. The third-order valence-corrected chi connectivity index (χ3v) is 4.04. The average molecular weight is 271 g/mol. The van der Waals surface area contributed by atoms with Crippen LogP contribution in [0.25, 0.3) is 5.65 Å². The number of nitrogens with one attached hydrogen (secondary N) is 1. The number of aryl methyl sites for hydroxylation is 2. The van der Waals surface area contributed by atoms with E-state index in [1.807, 2.05) is 0 Å². The van der Waals surface area contributed by atoms with Crippen molar-refractivity contribution in [3.63, 3.8) is 0 Å². The van der Waals surface area contributed by atoms with Crippen LogP contribution in [-0.4, -0.2) is 21.8 Å². The highest BCUT2D eigenvalue weighted by Crippen LogP contribution is 2.26. The van der Waals surface area contributed by atoms with Crippen molar-refractivity contribution in [1.82, 2.24) is 14.7 Å². The molecule has 1 unspecified atom stereocenters. The third kappa shape index (κ3) is 2.30. The van der Waals surface area contributed by atoms with Gasteiger partial charge in [0.15, 0.2) is 0 Å². The van der Waals surface area contributed by atoms with Gasteiger partial charge in [-0.2, -0.15) is 0 Å². The van der Waals surface area contributed by atoms with Crippen LogP contribution in [0.1, 0.15) is 36.7 Å². The van der Waals surface area contributed by atoms with E-state index in [1.165, 1.54) is 11.3 Å². The fraction of sp³-hybridized carbons (Fsp3) is 0.500. The minimum atomic E-state index is 0.0921. The van der Waals surface area contributed by atoms with E-state index in [-0.39, 0.29) is 11.8 Å². The molecule has 1 aliphatic rings. The van der Waals surface area contributed by atoms with Gasteiger partial charge in [0.2, 0.25) is 5.91 Å². The molecule has 4 heteroatoms.